The molecule has 1 aliphatic rings. The van der Waals surface area contributed by atoms with Crippen molar-refractivity contribution in [1.82, 2.24) is 5.32 Å². The van der Waals surface area contributed by atoms with Crippen molar-refractivity contribution in [1.29, 1.82) is 0 Å². The molecule has 1 saturated carbocycles. The average molecular weight is 248 g/mol. The van der Waals surface area contributed by atoms with E-state index in [9.17, 15) is 10.2 Å². The highest BCUT2D eigenvalue weighted by atomic mass is 16.3. The summed E-state index contributed by atoms with van der Waals surface area (Å²) in [6.45, 7) is 4.17. The molecule has 0 amide bonds. The summed E-state index contributed by atoms with van der Waals surface area (Å²) in [7, 11) is 0. The molecule has 99 valence electrons. The van der Waals surface area contributed by atoms with E-state index in [1.807, 2.05) is 30.3 Å². The van der Waals surface area contributed by atoms with Gasteiger partial charge in [-0.1, -0.05) is 43.2 Å². The van der Waals surface area contributed by atoms with Gasteiger partial charge in [-0.3, -0.25) is 5.32 Å². The van der Waals surface area contributed by atoms with Crippen molar-refractivity contribution < 1.29 is 10.2 Å². The first-order valence-electron chi connectivity index (χ1n) is 6.65. The second kappa shape index (κ2) is 5.83. The van der Waals surface area contributed by atoms with Gasteiger partial charge in [0, 0.05) is 12.5 Å². The Morgan fingerprint density at radius 3 is 2.50 bits per heavy atom. The number of nitrogens with one attached hydrogen (secondary N) is 1. The molecule has 1 aromatic carbocycles. The van der Waals surface area contributed by atoms with E-state index in [0.29, 0.717) is 6.54 Å². The summed E-state index contributed by atoms with van der Waals surface area (Å²) in [5.74, 6) is 0.195. The summed E-state index contributed by atoms with van der Waals surface area (Å²) in [6.07, 6.45) is 3.72. The Bertz CT molecular complexity index is 358. The van der Waals surface area contributed by atoms with E-state index in [2.05, 4.69) is 12.2 Å². The highest BCUT2D eigenvalue weighted by Crippen LogP contribution is 2.32. The van der Waals surface area contributed by atoms with Gasteiger partial charge in [-0.2, -0.15) is 0 Å². The van der Waals surface area contributed by atoms with E-state index in [1.165, 1.54) is 0 Å². The lowest BCUT2D eigenvalue weighted by molar-refractivity contribution is -0.0152. The Hall–Kier alpha value is -0.900. The first kappa shape index (κ1) is 13.5. The lowest BCUT2D eigenvalue weighted by Crippen LogP contribution is -2.49. The van der Waals surface area contributed by atoms with Crippen LogP contribution in [-0.2, 0) is 0 Å². The summed E-state index contributed by atoms with van der Waals surface area (Å²) < 4.78 is 0. The molecule has 1 fully saturated rings. The fourth-order valence-electron chi connectivity index (χ4n) is 2.61. The molecule has 3 nitrogen and oxygen atoms in total. The van der Waals surface area contributed by atoms with Gasteiger partial charge in [-0.25, -0.2) is 0 Å². The molecule has 0 saturated heterocycles. The first-order valence-corrected chi connectivity index (χ1v) is 6.65. The molecule has 1 aromatic rings. The summed E-state index contributed by atoms with van der Waals surface area (Å²) >= 11 is 0. The van der Waals surface area contributed by atoms with Crippen molar-refractivity contribution >= 4 is 0 Å². The smallest absolute Gasteiger partial charge is 0.119 e. The number of hydrogen-bond donors (Lipinski definition) is 3. The number of rotatable bonds is 5. The van der Waals surface area contributed by atoms with Crippen molar-refractivity contribution in [3.05, 3.63) is 42.8 Å². The fraction of sp³-hybridized carbons (Fsp3) is 0.533. The highest BCUT2D eigenvalue weighted by Gasteiger charge is 2.33. The predicted octanol–water partition coefficient (Wildman–Crippen LogP) is 2.02. The molecule has 3 N–H and O–H groups in total. The molecule has 1 aliphatic carbocycles. The molecule has 0 heterocycles. The second-order valence-corrected chi connectivity index (χ2v) is 5.21. The van der Waals surface area contributed by atoms with E-state index < -0.39 is 11.8 Å². The molecule has 0 aliphatic heterocycles. The molecule has 1 unspecified atom stereocenters. The molecule has 2 rings (SSSR count). The summed E-state index contributed by atoms with van der Waals surface area (Å²) in [5.41, 5.74) is -0.265. The van der Waals surface area contributed by atoms with Gasteiger partial charge in [-0.15, -0.1) is 0 Å². The predicted molar refractivity (Wildman–Crippen MR) is 71.7 cm³/mol. The third kappa shape index (κ3) is 3.31. The van der Waals surface area contributed by atoms with Gasteiger partial charge in [0.2, 0.25) is 0 Å². The number of benzene rings is 1. The van der Waals surface area contributed by atoms with E-state index >= 15 is 0 Å². The Kier molecular flexibility index (Phi) is 4.38. The zero-order chi connectivity index (χ0) is 13.0. The number of aliphatic hydroxyl groups excluding tert-OH is 1. The fourth-order valence-corrected chi connectivity index (χ4v) is 2.61. The maximum absolute atomic E-state index is 10.3. The van der Waals surface area contributed by atoms with Crippen LogP contribution in [0.2, 0.25) is 0 Å². The van der Waals surface area contributed by atoms with Crippen molar-refractivity contribution in [2.75, 3.05) is 6.54 Å². The lowest BCUT2D eigenvalue weighted by Gasteiger charge is -2.32. The van der Waals surface area contributed by atoms with Gasteiger partial charge >= 0.3 is 0 Å². The molecular formula is C15H22NO2. The minimum atomic E-state index is -1.12. The van der Waals surface area contributed by atoms with Crippen LogP contribution in [-0.4, -0.2) is 22.5 Å². The van der Waals surface area contributed by atoms with E-state index in [0.717, 1.165) is 31.2 Å². The molecule has 18 heavy (non-hydrogen) atoms. The van der Waals surface area contributed by atoms with Gasteiger partial charge in [0.15, 0.2) is 0 Å². The lowest BCUT2D eigenvalue weighted by atomic mass is 9.95. The van der Waals surface area contributed by atoms with Crippen LogP contribution >= 0.6 is 0 Å². The first-order chi connectivity index (χ1) is 8.59. The SMILES string of the molecule is [CH2]C(O)(NC[C@H](O)c1ccccc1)C1CCCC1. The molecule has 2 atom stereocenters. The molecule has 1 radical (unpaired) electrons. The van der Waals surface area contributed by atoms with E-state index in [1.54, 1.807) is 0 Å². The standard InChI is InChI=1S/C15H22NO2/c1-15(18,13-9-5-6-10-13)16-11-14(17)12-7-3-2-4-8-12/h2-4,7-8,13-14,16-18H,1,5-6,9-11H2/t14-,15?/m0/s1. The van der Waals surface area contributed by atoms with Crippen LogP contribution in [0, 0.1) is 12.8 Å². The van der Waals surface area contributed by atoms with Gasteiger partial charge in [0.05, 0.1) is 6.10 Å². The number of aliphatic hydroxyl groups is 2. The third-order valence-corrected chi connectivity index (χ3v) is 3.82. The van der Waals surface area contributed by atoms with Crippen LogP contribution in [0.5, 0.6) is 0 Å². The molecule has 0 bridgehead atoms. The van der Waals surface area contributed by atoms with Crippen molar-refractivity contribution in [2.45, 2.75) is 37.5 Å². The minimum absolute atomic E-state index is 0.195. The zero-order valence-electron chi connectivity index (χ0n) is 10.7. The Balaban J connectivity index is 1.87. The monoisotopic (exact) mass is 248 g/mol. The largest absolute Gasteiger partial charge is 0.387 e. The van der Waals surface area contributed by atoms with Crippen LogP contribution in [0.4, 0.5) is 0 Å². The van der Waals surface area contributed by atoms with Gasteiger partial charge in [0.25, 0.3) is 0 Å². The second-order valence-electron chi connectivity index (χ2n) is 5.21. The Labute approximate surface area is 109 Å². The van der Waals surface area contributed by atoms with Crippen LogP contribution in [0.3, 0.4) is 0 Å². The zero-order valence-corrected chi connectivity index (χ0v) is 10.7. The summed E-state index contributed by atoms with van der Waals surface area (Å²) in [6, 6.07) is 9.46. The summed E-state index contributed by atoms with van der Waals surface area (Å²) in [4.78, 5) is 0. The quantitative estimate of drug-likeness (QED) is 0.699. The van der Waals surface area contributed by atoms with Crippen LogP contribution < -0.4 is 5.32 Å². The maximum Gasteiger partial charge on any atom is 0.119 e. The van der Waals surface area contributed by atoms with Crippen molar-refractivity contribution in [3.8, 4) is 0 Å². The Morgan fingerprint density at radius 1 is 1.28 bits per heavy atom. The normalized spacial score (nSPS) is 21.7. The van der Waals surface area contributed by atoms with Crippen LogP contribution in [0.1, 0.15) is 37.4 Å². The van der Waals surface area contributed by atoms with E-state index in [4.69, 9.17) is 0 Å². The van der Waals surface area contributed by atoms with Crippen molar-refractivity contribution in [3.63, 3.8) is 0 Å². The van der Waals surface area contributed by atoms with Gasteiger partial charge in [-0.05, 0) is 25.3 Å². The van der Waals surface area contributed by atoms with Crippen LogP contribution in [0.15, 0.2) is 30.3 Å². The van der Waals surface area contributed by atoms with Crippen molar-refractivity contribution in [2.24, 2.45) is 5.92 Å². The molecule has 0 aromatic heterocycles. The van der Waals surface area contributed by atoms with Gasteiger partial charge < -0.3 is 10.2 Å². The summed E-state index contributed by atoms with van der Waals surface area (Å²) in [5, 5.41) is 23.3. The van der Waals surface area contributed by atoms with Crippen LogP contribution in [0.25, 0.3) is 0 Å². The topological polar surface area (TPSA) is 52.5 Å². The Morgan fingerprint density at radius 2 is 1.89 bits per heavy atom. The number of hydrogen-bond acceptors (Lipinski definition) is 3. The molecule has 3 heteroatoms. The molecule has 0 spiro atoms. The average Bonchev–Trinajstić information content (AvgIpc) is 2.92. The maximum atomic E-state index is 10.3. The highest BCUT2D eigenvalue weighted by molar-refractivity contribution is 5.17. The third-order valence-electron chi connectivity index (χ3n) is 3.82. The van der Waals surface area contributed by atoms with Gasteiger partial charge in [0.1, 0.15) is 5.72 Å². The molecular weight excluding hydrogens is 226 g/mol. The van der Waals surface area contributed by atoms with E-state index in [-0.39, 0.29) is 5.92 Å². The minimum Gasteiger partial charge on any atom is -0.387 e.